The highest BCUT2D eigenvalue weighted by Gasteiger charge is 2.05. The van der Waals surface area contributed by atoms with Crippen molar-refractivity contribution in [3.05, 3.63) is 28.2 Å². The number of rotatable bonds is 7. The van der Waals surface area contributed by atoms with Crippen LogP contribution in [0.25, 0.3) is 0 Å². The molecule has 0 bridgehead atoms. The molecule has 0 heterocycles. The molecule has 0 atom stereocenters. The molecule has 5 heteroatoms. The van der Waals surface area contributed by atoms with Crippen LogP contribution in [0.3, 0.4) is 0 Å². The second kappa shape index (κ2) is 8.11. The fourth-order valence-electron chi connectivity index (χ4n) is 1.38. The number of nitrogens with one attached hydrogen (secondary N) is 1. The molecule has 0 unspecified atom stereocenters. The standard InChI is InChI=1S/C13H18BrNO3/c1-3-6-15-8-10-7-11(4-5-12(10)14)18-9-13(16)17-2/h4-5,7,15H,3,6,8-9H2,1-2H3. The minimum Gasteiger partial charge on any atom is -0.482 e. The van der Waals surface area contributed by atoms with Gasteiger partial charge >= 0.3 is 5.97 Å². The molecular weight excluding hydrogens is 298 g/mol. The highest BCUT2D eigenvalue weighted by Crippen LogP contribution is 2.22. The molecule has 0 saturated carbocycles. The summed E-state index contributed by atoms with van der Waals surface area (Å²) in [6.45, 7) is 3.79. The summed E-state index contributed by atoms with van der Waals surface area (Å²) in [6, 6.07) is 5.64. The summed E-state index contributed by atoms with van der Waals surface area (Å²) in [5, 5.41) is 3.32. The molecule has 18 heavy (non-hydrogen) atoms. The topological polar surface area (TPSA) is 47.6 Å². The van der Waals surface area contributed by atoms with Gasteiger partial charge < -0.3 is 14.8 Å². The summed E-state index contributed by atoms with van der Waals surface area (Å²) in [6.07, 6.45) is 1.09. The molecule has 1 N–H and O–H groups in total. The van der Waals surface area contributed by atoms with E-state index in [0.717, 1.165) is 29.5 Å². The lowest BCUT2D eigenvalue weighted by molar-refractivity contribution is -0.142. The third kappa shape index (κ3) is 5.06. The van der Waals surface area contributed by atoms with Crippen molar-refractivity contribution in [3.63, 3.8) is 0 Å². The van der Waals surface area contributed by atoms with E-state index in [0.29, 0.717) is 5.75 Å². The monoisotopic (exact) mass is 315 g/mol. The van der Waals surface area contributed by atoms with Crippen LogP contribution >= 0.6 is 15.9 Å². The van der Waals surface area contributed by atoms with E-state index in [1.165, 1.54) is 7.11 Å². The van der Waals surface area contributed by atoms with Crippen LogP contribution in [-0.2, 0) is 16.1 Å². The van der Waals surface area contributed by atoms with Crippen LogP contribution in [0.2, 0.25) is 0 Å². The van der Waals surface area contributed by atoms with Crippen molar-refractivity contribution in [1.82, 2.24) is 5.32 Å². The van der Waals surface area contributed by atoms with Crippen molar-refractivity contribution >= 4 is 21.9 Å². The van der Waals surface area contributed by atoms with Crippen LogP contribution in [0.15, 0.2) is 22.7 Å². The van der Waals surface area contributed by atoms with Gasteiger partial charge in [0.25, 0.3) is 0 Å². The van der Waals surface area contributed by atoms with E-state index in [9.17, 15) is 4.79 Å². The van der Waals surface area contributed by atoms with Crippen molar-refractivity contribution < 1.29 is 14.3 Å². The van der Waals surface area contributed by atoms with Crippen LogP contribution in [0, 0.1) is 0 Å². The predicted molar refractivity (Wildman–Crippen MR) is 73.7 cm³/mol. The Balaban J connectivity index is 2.59. The van der Waals surface area contributed by atoms with Crippen LogP contribution in [0.4, 0.5) is 0 Å². The molecule has 0 radical (unpaired) electrons. The third-order valence-corrected chi connectivity index (χ3v) is 3.12. The quantitative estimate of drug-likeness (QED) is 0.620. The zero-order valence-electron chi connectivity index (χ0n) is 10.7. The van der Waals surface area contributed by atoms with Gasteiger partial charge in [-0.05, 0) is 36.7 Å². The largest absolute Gasteiger partial charge is 0.482 e. The fraction of sp³-hybridized carbons (Fsp3) is 0.462. The average Bonchev–Trinajstić information content (AvgIpc) is 2.39. The SMILES string of the molecule is CCCNCc1cc(OCC(=O)OC)ccc1Br. The number of benzene rings is 1. The predicted octanol–water partition coefficient (Wildman–Crippen LogP) is 2.50. The van der Waals surface area contributed by atoms with Crippen molar-refractivity contribution in [3.8, 4) is 5.75 Å². The smallest absolute Gasteiger partial charge is 0.343 e. The third-order valence-electron chi connectivity index (χ3n) is 2.34. The molecule has 0 fully saturated rings. The highest BCUT2D eigenvalue weighted by molar-refractivity contribution is 9.10. The Morgan fingerprint density at radius 1 is 1.44 bits per heavy atom. The molecule has 0 saturated heterocycles. The zero-order valence-corrected chi connectivity index (χ0v) is 12.2. The zero-order chi connectivity index (χ0) is 13.4. The molecule has 0 aromatic heterocycles. The molecular formula is C13H18BrNO3. The average molecular weight is 316 g/mol. The summed E-state index contributed by atoms with van der Waals surface area (Å²) in [7, 11) is 1.34. The first-order chi connectivity index (χ1) is 8.67. The minimum atomic E-state index is -0.386. The Kier molecular flexibility index (Phi) is 6.75. The van der Waals surface area contributed by atoms with Gasteiger partial charge in [-0.2, -0.15) is 0 Å². The number of esters is 1. The lowest BCUT2D eigenvalue weighted by atomic mass is 10.2. The lowest BCUT2D eigenvalue weighted by Gasteiger charge is -2.09. The number of ether oxygens (including phenoxy) is 2. The molecule has 0 aliphatic heterocycles. The number of halogens is 1. The lowest BCUT2D eigenvalue weighted by Crippen LogP contribution is -2.15. The van der Waals surface area contributed by atoms with Crippen LogP contribution in [-0.4, -0.2) is 26.2 Å². The molecule has 100 valence electrons. The molecule has 1 aromatic rings. The van der Waals surface area contributed by atoms with E-state index in [2.05, 4.69) is 32.9 Å². The van der Waals surface area contributed by atoms with Gasteiger partial charge in [0.05, 0.1) is 7.11 Å². The number of hydrogen-bond acceptors (Lipinski definition) is 4. The van der Waals surface area contributed by atoms with Gasteiger partial charge in [0.2, 0.25) is 0 Å². The summed E-state index contributed by atoms with van der Waals surface area (Å²) in [4.78, 5) is 11.0. The Hall–Kier alpha value is -1.07. The van der Waals surface area contributed by atoms with Crippen molar-refractivity contribution in [2.75, 3.05) is 20.3 Å². The van der Waals surface area contributed by atoms with Crippen molar-refractivity contribution in [1.29, 1.82) is 0 Å². The van der Waals surface area contributed by atoms with Crippen molar-refractivity contribution in [2.45, 2.75) is 19.9 Å². The first-order valence-corrected chi connectivity index (χ1v) is 6.65. The molecule has 1 rings (SSSR count). The number of methoxy groups -OCH3 is 1. The van der Waals surface area contributed by atoms with Gasteiger partial charge in [0, 0.05) is 11.0 Å². The molecule has 0 aliphatic carbocycles. The van der Waals surface area contributed by atoms with E-state index in [1.54, 1.807) is 0 Å². The number of carbonyl (C=O) groups excluding carboxylic acids is 1. The number of hydrogen-bond donors (Lipinski definition) is 1. The maximum atomic E-state index is 11.0. The first-order valence-electron chi connectivity index (χ1n) is 5.86. The molecule has 0 amide bonds. The second-order valence-corrected chi connectivity index (χ2v) is 4.65. The fourth-order valence-corrected chi connectivity index (χ4v) is 1.76. The van der Waals surface area contributed by atoms with Gasteiger partial charge in [0.15, 0.2) is 6.61 Å². The highest BCUT2D eigenvalue weighted by atomic mass is 79.9. The maximum Gasteiger partial charge on any atom is 0.343 e. The normalized spacial score (nSPS) is 10.2. The van der Waals surface area contributed by atoms with E-state index in [1.807, 2.05) is 18.2 Å². The van der Waals surface area contributed by atoms with Gasteiger partial charge in [-0.1, -0.05) is 22.9 Å². The van der Waals surface area contributed by atoms with Gasteiger partial charge in [-0.15, -0.1) is 0 Å². The summed E-state index contributed by atoms with van der Waals surface area (Å²) in [5.74, 6) is 0.278. The van der Waals surface area contributed by atoms with Crippen LogP contribution in [0.5, 0.6) is 5.75 Å². The van der Waals surface area contributed by atoms with Gasteiger partial charge in [-0.25, -0.2) is 4.79 Å². The van der Waals surface area contributed by atoms with Gasteiger partial charge in [0.1, 0.15) is 5.75 Å². The van der Waals surface area contributed by atoms with Gasteiger partial charge in [-0.3, -0.25) is 0 Å². The number of carbonyl (C=O) groups is 1. The molecule has 0 aliphatic rings. The van der Waals surface area contributed by atoms with E-state index in [-0.39, 0.29) is 12.6 Å². The summed E-state index contributed by atoms with van der Waals surface area (Å²) in [5.41, 5.74) is 1.10. The maximum absolute atomic E-state index is 11.0. The molecule has 1 aromatic carbocycles. The van der Waals surface area contributed by atoms with Crippen LogP contribution in [0.1, 0.15) is 18.9 Å². The van der Waals surface area contributed by atoms with Crippen molar-refractivity contribution in [2.24, 2.45) is 0 Å². The van der Waals surface area contributed by atoms with Crippen LogP contribution < -0.4 is 10.1 Å². The summed E-state index contributed by atoms with van der Waals surface area (Å²) < 4.78 is 10.9. The molecule has 4 nitrogen and oxygen atoms in total. The Bertz CT molecular complexity index is 396. The Labute approximate surface area is 116 Å². The first kappa shape index (κ1) is 15.0. The second-order valence-electron chi connectivity index (χ2n) is 3.79. The van der Waals surface area contributed by atoms with E-state index >= 15 is 0 Å². The Morgan fingerprint density at radius 3 is 2.89 bits per heavy atom. The van der Waals surface area contributed by atoms with E-state index < -0.39 is 0 Å². The summed E-state index contributed by atoms with van der Waals surface area (Å²) >= 11 is 3.49. The van der Waals surface area contributed by atoms with E-state index in [4.69, 9.17) is 4.74 Å². The molecule has 0 spiro atoms. The minimum absolute atomic E-state index is 0.0695. The Morgan fingerprint density at radius 2 is 2.22 bits per heavy atom.